The number of nitrogens with one attached hydrogen (secondary N) is 2. The summed E-state index contributed by atoms with van der Waals surface area (Å²) in [6.45, 7) is 0. The van der Waals surface area contributed by atoms with E-state index in [0.29, 0.717) is 47.7 Å². The number of H-pyrrole nitrogens is 1. The number of amides is 1. The minimum Gasteiger partial charge on any atom is -0.497 e. The lowest BCUT2D eigenvalue weighted by Gasteiger charge is -2.15. The first kappa shape index (κ1) is 16.8. The second-order valence-electron chi connectivity index (χ2n) is 5.70. The lowest BCUT2D eigenvalue weighted by atomic mass is 9.93. The van der Waals surface area contributed by atoms with Crippen molar-refractivity contribution in [1.82, 2.24) is 4.98 Å². The molecular formula is C18H18N2O5. The first-order valence-electron chi connectivity index (χ1n) is 7.86. The molecule has 1 aliphatic rings. The van der Waals surface area contributed by atoms with Gasteiger partial charge in [0, 0.05) is 23.7 Å². The van der Waals surface area contributed by atoms with Crippen molar-refractivity contribution in [1.29, 1.82) is 0 Å². The summed E-state index contributed by atoms with van der Waals surface area (Å²) in [5.41, 5.74) is 0.743. The number of ketones is 1. The maximum atomic E-state index is 12.6. The number of methoxy groups -OCH3 is 2. The second-order valence-corrected chi connectivity index (χ2v) is 5.70. The molecular weight excluding hydrogens is 324 g/mol. The van der Waals surface area contributed by atoms with E-state index < -0.39 is 11.5 Å². The van der Waals surface area contributed by atoms with Crippen LogP contribution in [0.3, 0.4) is 0 Å². The highest BCUT2D eigenvalue weighted by Gasteiger charge is 2.22. The number of hydrogen-bond acceptors (Lipinski definition) is 5. The fourth-order valence-electron chi connectivity index (χ4n) is 2.85. The van der Waals surface area contributed by atoms with Gasteiger partial charge in [-0.3, -0.25) is 14.4 Å². The third kappa shape index (κ3) is 3.26. The predicted octanol–water partition coefficient (Wildman–Crippen LogP) is 2.16. The molecule has 0 spiro atoms. The van der Waals surface area contributed by atoms with Crippen molar-refractivity contribution in [3.05, 3.63) is 51.4 Å². The zero-order valence-electron chi connectivity index (χ0n) is 14.0. The van der Waals surface area contributed by atoms with E-state index in [2.05, 4.69) is 10.3 Å². The van der Waals surface area contributed by atoms with Gasteiger partial charge in [0.05, 0.1) is 19.9 Å². The number of aromatic nitrogens is 1. The van der Waals surface area contributed by atoms with Crippen LogP contribution in [0.5, 0.6) is 11.5 Å². The minimum atomic E-state index is -0.617. The number of fused-ring (bicyclic) bond motifs is 1. The Kier molecular flexibility index (Phi) is 4.56. The third-order valence-electron chi connectivity index (χ3n) is 4.15. The Morgan fingerprint density at radius 2 is 1.92 bits per heavy atom. The average molecular weight is 342 g/mol. The molecule has 0 bridgehead atoms. The van der Waals surface area contributed by atoms with Crippen LogP contribution in [0.15, 0.2) is 29.1 Å². The zero-order valence-corrected chi connectivity index (χ0v) is 14.0. The van der Waals surface area contributed by atoms with Crippen LogP contribution in [-0.2, 0) is 6.42 Å². The number of Topliss-reactive ketones (excluding diaryl/α,β-unsaturated/α-hetero) is 1. The smallest absolute Gasteiger partial charge is 0.261 e. The van der Waals surface area contributed by atoms with E-state index in [9.17, 15) is 14.4 Å². The van der Waals surface area contributed by atoms with Gasteiger partial charge >= 0.3 is 0 Å². The summed E-state index contributed by atoms with van der Waals surface area (Å²) in [6.07, 6.45) is 1.75. The summed E-state index contributed by atoms with van der Waals surface area (Å²) in [4.78, 5) is 39.5. The molecule has 1 heterocycles. The molecule has 0 fully saturated rings. The second kappa shape index (κ2) is 6.80. The first-order valence-corrected chi connectivity index (χ1v) is 7.86. The topological polar surface area (TPSA) is 97.5 Å². The number of benzene rings is 1. The molecule has 1 aromatic heterocycles. The Morgan fingerprint density at radius 1 is 1.12 bits per heavy atom. The van der Waals surface area contributed by atoms with Crippen molar-refractivity contribution >= 4 is 17.4 Å². The Hall–Kier alpha value is -3.09. The standard InChI is InChI=1S/C18H18N2O5/c1-24-10-6-7-16(25-2)14(8-10)20-18(23)12-9-11-13(19-17(12)22)4-3-5-15(11)21/h6-9H,3-5H2,1-2H3,(H,19,22)(H,20,23). The number of rotatable bonds is 4. The summed E-state index contributed by atoms with van der Waals surface area (Å²) >= 11 is 0. The van der Waals surface area contributed by atoms with Crippen molar-refractivity contribution in [2.45, 2.75) is 19.3 Å². The molecule has 0 saturated heterocycles. The fraction of sp³-hybridized carbons (Fsp3) is 0.278. The maximum Gasteiger partial charge on any atom is 0.261 e. The normalized spacial score (nSPS) is 13.1. The highest BCUT2D eigenvalue weighted by molar-refractivity contribution is 6.07. The molecule has 2 aromatic rings. The molecule has 7 heteroatoms. The number of pyridine rings is 1. The van der Waals surface area contributed by atoms with E-state index in [1.165, 1.54) is 20.3 Å². The highest BCUT2D eigenvalue weighted by atomic mass is 16.5. The number of carbonyl (C=O) groups is 2. The van der Waals surface area contributed by atoms with E-state index >= 15 is 0 Å². The van der Waals surface area contributed by atoms with Crippen LogP contribution in [0.25, 0.3) is 0 Å². The highest BCUT2D eigenvalue weighted by Crippen LogP contribution is 2.29. The van der Waals surface area contributed by atoms with Gasteiger partial charge in [0.1, 0.15) is 17.1 Å². The molecule has 1 aromatic carbocycles. The van der Waals surface area contributed by atoms with Gasteiger partial charge in [-0.25, -0.2) is 0 Å². The Bertz CT molecular complexity index is 901. The lowest BCUT2D eigenvalue weighted by molar-refractivity contribution is 0.0971. The quantitative estimate of drug-likeness (QED) is 0.887. The molecule has 0 atom stereocenters. The van der Waals surface area contributed by atoms with Crippen LogP contribution in [0.1, 0.15) is 39.3 Å². The molecule has 130 valence electrons. The summed E-state index contributed by atoms with van der Waals surface area (Å²) in [7, 11) is 2.98. The zero-order chi connectivity index (χ0) is 18.0. The number of aryl methyl sites for hydroxylation is 1. The molecule has 3 rings (SSSR count). The Labute approximate surface area is 144 Å². The van der Waals surface area contributed by atoms with Gasteiger partial charge in [-0.05, 0) is 31.0 Å². The van der Waals surface area contributed by atoms with Crippen molar-refractivity contribution < 1.29 is 19.1 Å². The number of carbonyl (C=O) groups excluding carboxylic acids is 2. The van der Waals surface area contributed by atoms with Gasteiger partial charge in [-0.2, -0.15) is 0 Å². The fourth-order valence-corrected chi connectivity index (χ4v) is 2.85. The van der Waals surface area contributed by atoms with Gasteiger partial charge in [-0.15, -0.1) is 0 Å². The number of anilines is 1. The van der Waals surface area contributed by atoms with Crippen LogP contribution in [0.4, 0.5) is 5.69 Å². The van der Waals surface area contributed by atoms with Crippen molar-refractivity contribution in [3.63, 3.8) is 0 Å². The maximum absolute atomic E-state index is 12.6. The molecule has 0 aliphatic heterocycles. The van der Waals surface area contributed by atoms with Gasteiger partial charge < -0.3 is 19.8 Å². The molecule has 0 unspecified atom stereocenters. The molecule has 1 amide bonds. The van der Waals surface area contributed by atoms with E-state index in [0.717, 1.165) is 0 Å². The van der Waals surface area contributed by atoms with Crippen molar-refractivity contribution in [3.8, 4) is 11.5 Å². The summed E-state index contributed by atoms with van der Waals surface area (Å²) < 4.78 is 10.3. The number of ether oxygens (including phenoxy) is 2. The van der Waals surface area contributed by atoms with E-state index in [1.807, 2.05) is 0 Å². The van der Waals surface area contributed by atoms with Gasteiger partial charge in [0.2, 0.25) is 0 Å². The van der Waals surface area contributed by atoms with Crippen LogP contribution in [0.2, 0.25) is 0 Å². The summed E-state index contributed by atoms with van der Waals surface area (Å²) in [5, 5.41) is 2.64. The molecule has 1 aliphatic carbocycles. The minimum absolute atomic E-state index is 0.0643. The first-order chi connectivity index (χ1) is 12.0. The van der Waals surface area contributed by atoms with E-state index in [1.54, 1.807) is 18.2 Å². The predicted molar refractivity (Wildman–Crippen MR) is 91.8 cm³/mol. The van der Waals surface area contributed by atoms with E-state index in [-0.39, 0.29) is 11.3 Å². The lowest BCUT2D eigenvalue weighted by Crippen LogP contribution is -2.27. The molecule has 0 saturated carbocycles. The third-order valence-corrected chi connectivity index (χ3v) is 4.15. The summed E-state index contributed by atoms with van der Waals surface area (Å²) in [6, 6.07) is 6.31. The summed E-state index contributed by atoms with van der Waals surface area (Å²) in [5.74, 6) is 0.282. The van der Waals surface area contributed by atoms with Gasteiger partial charge in [0.25, 0.3) is 11.5 Å². The van der Waals surface area contributed by atoms with Gasteiger partial charge in [-0.1, -0.05) is 0 Å². The van der Waals surface area contributed by atoms with Crippen LogP contribution >= 0.6 is 0 Å². The van der Waals surface area contributed by atoms with Crippen LogP contribution in [0, 0.1) is 0 Å². The Balaban J connectivity index is 1.96. The van der Waals surface area contributed by atoms with E-state index in [4.69, 9.17) is 9.47 Å². The SMILES string of the molecule is COc1ccc(OC)c(NC(=O)c2cc3c([nH]c2=O)CCCC3=O)c1. The average Bonchev–Trinajstić information content (AvgIpc) is 2.61. The molecule has 25 heavy (non-hydrogen) atoms. The molecule has 7 nitrogen and oxygen atoms in total. The van der Waals surface area contributed by atoms with Crippen LogP contribution in [-0.4, -0.2) is 30.9 Å². The van der Waals surface area contributed by atoms with Gasteiger partial charge in [0.15, 0.2) is 5.78 Å². The molecule has 2 N–H and O–H groups in total. The van der Waals surface area contributed by atoms with Crippen molar-refractivity contribution in [2.24, 2.45) is 0 Å². The number of aromatic amines is 1. The Morgan fingerprint density at radius 3 is 2.64 bits per heavy atom. The van der Waals surface area contributed by atoms with Crippen molar-refractivity contribution in [2.75, 3.05) is 19.5 Å². The molecule has 0 radical (unpaired) electrons. The monoisotopic (exact) mass is 342 g/mol. The largest absolute Gasteiger partial charge is 0.497 e. The number of hydrogen-bond donors (Lipinski definition) is 2. The van der Waals surface area contributed by atoms with Crippen LogP contribution < -0.4 is 20.3 Å².